The minimum absolute atomic E-state index is 0.197. The van der Waals surface area contributed by atoms with Gasteiger partial charge in [0.15, 0.2) is 5.13 Å². The molecule has 0 bridgehead atoms. The molecule has 1 aliphatic rings. The predicted octanol–water partition coefficient (Wildman–Crippen LogP) is 5.11. The van der Waals surface area contributed by atoms with Crippen LogP contribution in [-0.2, 0) is 16.1 Å². The number of hydrogen-bond acceptors (Lipinski definition) is 5. The van der Waals surface area contributed by atoms with E-state index in [4.69, 9.17) is 4.98 Å². The van der Waals surface area contributed by atoms with Gasteiger partial charge >= 0.3 is 0 Å². The third kappa shape index (κ3) is 4.03. The molecule has 1 fully saturated rings. The molecule has 1 aromatic heterocycles. The van der Waals surface area contributed by atoms with E-state index in [1.54, 1.807) is 29.2 Å². The summed E-state index contributed by atoms with van der Waals surface area (Å²) in [5.74, 6) is -0.726. The average molecular weight is 456 g/mol. The maximum Gasteiger partial charge on any atom is 0.260 e. The minimum Gasteiger partial charge on any atom is -0.279 e. The second-order valence-corrected chi connectivity index (χ2v) is 8.98. The van der Waals surface area contributed by atoms with Crippen LogP contribution in [0.4, 0.5) is 10.8 Å². The molecule has 0 atom stereocenters. The molecule has 3 aromatic carbocycles. The van der Waals surface area contributed by atoms with Crippen LogP contribution in [0.3, 0.4) is 0 Å². The zero-order valence-corrected chi connectivity index (χ0v) is 18.8. The fourth-order valence-corrected chi connectivity index (χ4v) is 5.02. The van der Waals surface area contributed by atoms with Gasteiger partial charge in [0.1, 0.15) is 0 Å². The summed E-state index contributed by atoms with van der Waals surface area (Å²) in [4.78, 5) is 45.7. The van der Waals surface area contributed by atoms with E-state index in [0.717, 1.165) is 21.3 Å². The first kappa shape index (κ1) is 21.0. The molecule has 1 aliphatic heterocycles. The van der Waals surface area contributed by atoms with Gasteiger partial charge in [-0.3, -0.25) is 24.2 Å². The number of benzene rings is 3. The van der Waals surface area contributed by atoms with Gasteiger partial charge in [-0.15, -0.1) is 0 Å². The van der Waals surface area contributed by atoms with Crippen LogP contribution >= 0.6 is 11.3 Å². The van der Waals surface area contributed by atoms with Crippen LogP contribution in [0.15, 0.2) is 72.8 Å². The van der Waals surface area contributed by atoms with Crippen LogP contribution in [0, 0.1) is 6.92 Å². The Bertz CT molecular complexity index is 1360. The number of hydrogen-bond donors (Lipinski definition) is 0. The standard InChI is InChI=1S/C26H21N3O3S/c1-17-7-5-12-21-24(17)27-26(33-21)28(16-18-8-3-2-4-9-18)25(32)19-10-6-11-20(15-19)29-22(30)13-14-23(29)31/h2-12,15H,13-14,16H2,1H3. The lowest BCUT2D eigenvalue weighted by Gasteiger charge is -2.21. The summed E-state index contributed by atoms with van der Waals surface area (Å²) in [5.41, 5.74) is 3.73. The number of thiazole rings is 1. The molecule has 2 heterocycles. The Balaban J connectivity index is 1.55. The smallest absolute Gasteiger partial charge is 0.260 e. The zero-order valence-electron chi connectivity index (χ0n) is 18.0. The highest BCUT2D eigenvalue weighted by Gasteiger charge is 2.31. The van der Waals surface area contributed by atoms with Gasteiger partial charge in [-0.25, -0.2) is 4.98 Å². The number of aryl methyl sites for hydroxylation is 1. The summed E-state index contributed by atoms with van der Waals surface area (Å²) < 4.78 is 1.01. The lowest BCUT2D eigenvalue weighted by atomic mass is 10.1. The number of aromatic nitrogens is 1. The largest absolute Gasteiger partial charge is 0.279 e. The fourth-order valence-electron chi connectivity index (χ4n) is 3.98. The van der Waals surface area contributed by atoms with Crippen molar-refractivity contribution < 1.29 is 14.4 Å². The average Bonchev–Trinajstić information content (AvgIpc) is 3.41. The number of rotatable bonds is 5. The summed E-state index contributed by atoms with van der Waals surface area (Å²) in [7, 11) is 0. The second kappa shape index (κ2) is 8.60. The van der Waals surface area contributed by atoms with Gasteiger partial charge in [-0.2, -0.15) is 0 Å². The molecule has 3 amide bonds. The molecular formula is C26H21N3O3S. The van der Waals surface area contributed by atoms with Crippen molar-refractivity contribution in [1.82, 2.24) is 4.98 Å². The van der Waals surface area contributed by atoms with Gasteiger partial charge in [0.25, 0.3) is 5.91 Å². The number of fused-ring (bicyclic) bond motifs is 1. The number of imide groups is 1. The van der Waals surface area contributed by atoms with Crippen molar-refractivity contribution in [2.45, 2.75) is 26.3 Å². The molecule has 7 heteroatoms. The topological polar surface area (TPSA) is 70.6 Å². The number of anilines is 2. The van der Waals surface area contributed by atoms with Gasteiger partial charge in [0.2, 0.25) is 11.8 Å². The first-order valence-electron chi connectivity index (χ1n) is 10.7. The predicted molar refractivity (Wildman–Crippen MR) is 129 cm³/mol. The van der Waals surface area contributed by atoms with E-state index in [1.165, 1.54) is 16.2 Å². The van der Waals surface area contributed by atoms with Crippen LogP contribution in [-0.4, -0.2) is 22.7 Å². The normalized spacial score (nSPS) is 13.7. The van der Waals surface area contributed by atoms with E-state index in [1.807, 2.05) is 55.5 Å². The van der Waals surface area contributed by atoms with Gasteiger partial charge in [0, 0.05) is 18.4 Å². The Hall–Kier alpha value is -3.84. The van der Waals surface area contributed by atoms with Crippen LogP contribution < -0.4 is 9.80 Å². The molecule has 0 N–H and O–H groups in total. The highest BCUT2D eigenvalue weighted by Crippen LogP contribution is 2.33. The molecule has 0 unspecified atom stereocenters. The molecule has 0 aliphatic carbocycles. The zero-order chi connectivity index (χ0) is 22.9. The molecule has 4 aromatic rings. The molecule has 33 heavy (non-hydrogen) atoms. The number of carbonyl (C=O) groups excluding carboxylic acids is 3. The van der Waals surface area contributed by atoms with Crippen molar-refractivity contribution in [2.75, 3.05) is 9.80 Å². The summed E-state index contributed by atoms with van der Waals surface area (Å²) in [6.07, 6.45) is 0.393. The quantitative estimate of drug-likeness (QED) is 0.392. The molecule has 1 saturated heterocycles. The van der Waals surface area contributed by atoms with Crippen molar-refractivity contribution in [3.05, 3.63) is 89.5 Å². The molecule has 0 saturated carbocycles. The van der Waals surface area contributed by atoms with E-state index in [-0.39, 0.29) is 30.6 Å². The Kier molecular flexibility index (Phi) is 5.48. The number of carbonyl (C=O) groups is 3. The molecule has 164 valence electrons. The molecule has 6 nitrogen and oxygen atoms in total. The van der Waals surface area contributed by atoms with E-state index in [2.05, 4.69) is 0 Å². The van der Waals surface area contributed by atoms with E-state index in [0.29, 0.717) is 22.9 Å². The van der Waals surface area contributed by atoms with E-state index in [9.17, 15) is 14.4 Å². The number of para-hydroxylation sites is 1. The highest BCUT2D eigenvalue weighted by molar-refractivity contribution is 7.22. The van der Waals surface area contributed by atoms with Crippen molar-refractivity contribution in [3.8, 4) is 0 Å². The van der Waals surface area contributed by atoms with E-state index >= 15 is 0 Å². The van der Waals surface area contributed by atoms with Crippen LogP contribution in [0.1, 0.15) is 34.3 Å². The van der Waals surface area contributed by atoms with Crippen molar-refractivity contribution >= 4 is 50.1 Å². The van der Waals surface area contributed by atoms with Crippen LogP contribution in [0.2, 0.25) is 0 Å². The first-order valence-corrected chi connectivity index (χ1v) is 11.5. The van der Waals surface area contributed by atoms with Crippen LogP contribution in [0.25, 0.3) is 10.2 Å². The van der Waals surface area contributed by atoms with Crippen molar-refractivity contribution in [3.63, 3.8) is 0 Å². The maximum atomic E-state index is 13.7. The van der Waals surface area contributed by atoms with Gasteiger partial charge in [0.05, 0.1) is 22.4 Å². The molecule has 0 spiro atoms. The SMILES string of the molecule is Cc1cccc2sc(N(Cc3ccccc3)C(=O)c3cccc(N4C(=O)CCC4=O)c3)nc12. The monoisotopic (exact) mass is 455 g/mol. The molecule has 5 rings (SSSR count). The van der Waals surface area contributed by atoms with E-state index < -0.39 is 0 Å². The Morgan fingerprint density at radius 1 is 0.970 bits per heavy atom. The van der Waals surface area contributed by atoms with Gasteiger partial charge in [-0.1, -0.05) is 59.9 Å². The number of nitrogens with zero attached hydrogens (tertiary/aromatic N) is 3. The summed E-state index contributed by atoms with van der Waals surface area (Å²) in [6.45, 7) is 2.35. The lowest BCUT2D eigenvalue weighted by molar-refractivity contribution is -0.121. The summed E-state index contributed by atoms with van der Waals surface area (Å²) in [5, 5.41) is 0.604. The Labute approximate surface area is 195 Å². The highest BCUT2D eigenvalue weighted by atomic mass is 32.1. The van der Waals surface area contributed by atoms with Crippen molar-refractivity contribution in [1.29, 1.82) is 0 Å². The minimum atomic E-state index is -0.243. The third-order valence-corrected chi connectivity index (χ3v) is 6.72. The lowest BCUT2D eigenvalue weighted by Crippen LogP contribution is -2.31. The molecular weight excluding hydrogens is 434 g/mol. The van der Waals surface area contributed by atoms with Gasteiger partial charge in [-0.05, 0) is 42.3 Å². The summed E-state index contributed by atoms with van der Waals surface area (Å²) in [6, 6.07) is 22.4. The maximum absolute atomic E-state index is 13.7. The van der Waals surface area contributed by atoms with Gasteiger partial charge < -0.3 is 0 Å². The number of amides is 3. The third-order valence-electron chi connectivity index (χ3n) is 5.67. The van der Waals surface area contributed by atoms with Crippen molar-refractivity contribution in [2.24, 2.45) is 0 Å². The van der Waals surface area contributed by atoms with Crippen LogP contribution in [0.5, 0.6) is 0 Å². The summed E-state index contributed by atoms with van der Waals surface area (Å²) >= 11 is 1.47. The second-order valence-electron chi connectivity index (χ2n) is 7.97. The Morgan fingerprint density at radius 2 is 1.70 bits per heavy atom. The Morgan fingerprint density at radius 3 is 2.42 bits per heavy atom. The fraction of sp³-hybridized carbons (Fsp3) is 0.154. The molecule has 0 radical (unpaired) electrons. The first-order chi connectivity index (χ1) is 16.0.